The maximum Gasteiger partial charge on any atom is 0.451 e. The summed E-state index contributed by atoms with van der Waals surface area (Å²) >= 11 is 0. The maximum atomic E-state index is 12.6. The van der Waals surface area contributed by atoms with Crippen molar-refractivity contribution in [3.8, 4) is 0 Å². The van der Waals surface area contributed by atoms with Crippen LogP contribution in [0.4, 0.5) is 13.2 Å². The smallest absolute Gasteiger partial charge is 0.451 e. The summed E-state index contributed by atoms with van der Waals surface area (Å²) in [4.78, 5) is 11.7. The van der Waals surface area contributed by atoms with Gasteiger partial charge in [-0.1, -0.05) is 25.0 Å². The van der Waals surface area contributed by atoms with Crippen molar-refractivity contribution in [1.29, 1.82) is 0 Å². The van der Waals surface area contributed by atoms with Crippen LogP contribution in [-0.4, -0.2) is 46.4 Å². The van der Waals surface area contributed by atoms with E-state index in [-0.39, 0.29) is 18.3 Å². The third-order valence-electron chi connectivity index (χ3n) is 5.92. The molecule has 10 heteroatoms. The minimum Gasteiger partial charge on any atom is -0.480 e. The van der Waals surface area contributed by atoms with Gasteiger partial charge in [0.2, 0.25) is 0 Å². The van der Waals surface area contributed by atoms with Crippen LogP contribution in [0.1, 0.15) is 49.7 Å². The number of hydrogen-bond donors (Lipinski definition) is 5. The fraction of sp³-hybridized carbons (Fsp3) is 0.650. The lowest BCUT2D eigenvalue weighted by molar-refractivity contribution is -0.148. The standard InChI is InChI=1S/C20H30BF3N2O4/c22-20(23,24)15-7-5-14(6-8-15)4-3-11-26-17-12-16(13-17)19(25,18(27)28)9-1-2-10-21(29)30/h5-8,16-17,26,29-30H,1-4,9-13,25H2,(H,27,28). The first-order valence-electron chi connectivity index (χ1n) is 10.3. The van der Waals surface area contributed by atoms with Gasteiger partial charge in [-0.05, 0) is 68.6 Å². The molecule has 1 aliphatic rings. The second-order valence-electron chi connectivity index (χ2n) is 8.19. The first-order valence-corrected chi connectivity index (χ1v) is 10.3. The van der Waals surface area contributed by atoms with E-state index in [2.05, 4.69) is 5.32 Å². The van der Waals surface area contributed by atoms with Gasteiger partial charge in [-0.25, -0.2) is 0 Å². The lowest BCUT2D eigenvalue weighted by Gasteiger charge is -2.45. The zero-order valence-corrected chi connectivity index (χ0v) is 16.9. The summed E-state index contributed by atoms with van der Waals surface area (Å²) in [6.07, 6.45) is -0.0720. The first kappa shape index (κ1) is 24.7. The van der Waals surface area contributed by atoms with Crippen LogP contribution in [0.2, 0.25) is 6.32 Å². The van der Waals surface area contributed by atoms with Gasteiger partial charge in [0.25, 0.3) is 0 Å². The number of benzene rings is 1. The SMILES string of the molecule is NC(CCCCB(O)O)(C(=O)O)C1CC(NCCCc2ccc(C(F)(F)F)cc2)C1. The molecule has 168 valence electrons. The summed E-state index contributed by atoms with van der Waals surface area (Å²) in [6, 6.07) is 5.35. The van der Waals surface area contributed by atoms with Gasteiger partial charge in [-0.15, -0.1) is 0 Å². The fourth-order valence-electron chi connectivity index (χ4n) is 3.89. The number of hydrogen-bond acceptors (Lipinski definition) is 5. The third kappa shape index (κ3) is 6.97. The maximum absolute atomic E-state index is 12.6. The number of aryl methyl sites for hydroxylation is 1. The van der Waals surface area contributed by atoms with Crippen molar-refractivity contribution < 1.29 is 33.1 Å². The van der Waals surface area contributed by atoms with E-state index in [4.69, 9.17) is 15.8 Å². The van der Waals surface area contributed by atoms with Crippen LogP contribution in [0, 0.1) is 5.92 Å². The molecule has 6 nitrogen and oxygen atoms in total. The normalized spacial score (nSPS) is 21.0. The second kappa shape index (κ2) is 10.6. The molecule has 0 aromatic heterocycles. The number of alkyl halides is 3. The van der Waals surface area contributed by atoms with Gasteiger partial charge >= 0.3 is 19.3 Å². The molecule has 0 aliphatic heterocycles. The van der Waals surface area contributed by atoms with E-state index in [1.54, 1.807) is 0 Å². The molecule has 30 heavy (non-hydrogen) atoms. The highest BCUT2D eigenvalue weighted by Gasteiger charge is 2.47. The lowest BCUT2D eigenvalue weighted by Crippen LogP contribution is -2.61. The quantitative estimate of drug-likeness (QED) is 0.257. The molecule has 0 amide bonds. The molecule has 2 rings (SSSR count). The zero-order chi connectivity index (χ0) is 22.4. The van der Waals surface area contributed by atoms with Gasteiger partial charge in [0.05, 0.1) is 5.56 Å². The highest BCUT2D eigenvalue weighted by atomic mass is 19.4. The molecule has 0 heterocycles. The Morgan fingerprint density at radius 1 is 1.13 bits per heavy atom. The summed E-state index contributed by atoms with van der Waals surface area (Å²) in [5.41, 5.74) is 5.05. The fourth-order valence-corrected chi connectivity index (χ4v) is 3.89. The van der Waals surface area contributed by atoms with Gasteiger partial charge < -0.3 is 26.2 Å². The summed E-state index contributed by atoms with van der Waals surface area (Å²) in [7, 11) is -1.39. The molecule has 1 aromatic carbocycles. The Hall–Kier alpha value is -1.62. The molecular weight excluding hydrogens is 400 g/mol. The van der Waals surface area contributed by atoms with Crippen LogP contribution in [0.25, 0.3) is 0 Å². The van der Waals surface area contributed by atoms with Crippen molar-refractivity contribution in [1.82, 2.24) is 5.32 Å². The first-order chi connectivity index (χ1) is 14.0. The topological polar surface area (TPSA) is 116 Å². The number of carboxylic acids is 1. The second-order valence-corrected chi connectivity index (χ2v) is 8.19. The number of aliphatic carboxylic acids is 1. The van der Waals surface area contributed by atoms with E-state index in [9.17, 15) is 23.1 Å². The Bertz CT molecular complexity index is 682. The minimum atomic E-state index is -4.32. The molecule has 1 fully saturated rings. The summed E-state index contributed by atoms with van der Waals surface area (Å²) in [6.45, 7) is 0.692. The van der Waals surface area contributed by atoms with Gasteiger partial charge in [-0.3, -0.25) is 4.79 Å². The summed E-state index contributed by atoms with van der Waals surface area (Å²) < 4.78 is 37.7. The molecule has 1 atom stereocenters. The van der Waals surface area contributed by atoms with Crippen molar-refractivity contribution in [2.75, 3.05) is 6.54 Å². The van der Waals surface area contributed by atoms with E-state index in [0.29, 0.717) is 45.1 Å². The molecule has 0 spiro atoms. The van der Waals surface area contributed by atoms with Gasteiger partial charge in [-0.2, -0.15) is 13.2 Å². The Morgan fingerprint density at radius 3 is 2.30 bits per heavy atom. The van der Waals surface area contributed by atoms with Crippen molar-refractivity contribution in [3.05, 3.63) is 35.4 Å². The average Bonchev–Trinajstić information content (AvgIpc) is 2.62. The largest absolute Gasteiger partial charge is 0.480 e. The zero-order valence-electron chi connectivity index (χ0n) is 16.9. The van der Waals surface area contributed by atoms with E-state index in [1.807, 2.05) is 0 Å². The third-order valence-corrected chi connectivity index (χ3v) is 5.92. The molecule has 6 N–H and O–H groups in total. The number of rotatable bonds is 12. The van der Waals surface area contributed by atoms with Crippen LogP contribution >= 0.6 is 0 Å². The number of halogens is 3. The predicted molar refractivity (Wildman–Crippen MR) is 108 cm³/mol. The monoisotopic (exact) mass is 430 g/mol. The molecule has 1 aliphatic carbocycles. The molecule has 1 saturated carbocycles. The van der Waals surface area contributed by atoms with E-state index in [1.165, 1.54) is 12.1 Å². The Balaban J connectivity index is 1.67. The van der Waals surface area contributed by atoms with Crippen LogP contribution in [0.3, 0.4) is 0 Å². The number of carbonyl (C=O) groups is 1. The van der Waals surface area contributed by atoms with Crippen LogP contribution in [0.5, 0.6) is 0 Å². The molecular formula is C20H30BF3N2O4. The molecule has 1 aromatic rings. The van der Waals surface area contributed by atoms with Crippen molar-refractivity contribution >= 4 is 13.1 Å². The van der Waals surface area contributed by atoms with E-state index < -0.39 is 30.4 Å². The number of nitrogens with two attached hydrogens (primary N) is 1. The van der Waals surface area contributed by atoms with Crippen LogP contribution in [-0.2, 0) is 17.4 Å². The van der Waals surface area contributed by atoms with Gasteiger partial charge in [0.15, 0.2) is 0 Å². The summed E-state index contributed by atoms with van der Waals surface area (Å²) in [5.74, 6) is -1.17. The number of unbranched alkanes of at least 4 members (excludes halogenated alkanes) is 1. The Morgan fingerprint density at radius 2 is 1.77 bits per heavy atom. The molecule has 1 unspecified atom stereocenters. The molecule has 0 bridgehead atoms. The van der Waals surface area contributed by atoms with Gasteiger partial charge in [0.1, 0.15) is 5.54 Å². The van der Waals surface area contributed by atoms with E-state index >= 15 is 0 Å². The average molecular weight is 430 g/mol. The molecule has 0 radical (unpaired) electrons. The number of nitrogens with one attached hydrogen (secondary N) is 1. The summed E-state index contributed by atoms with van der Waals surface area (Å²) in [5, 5.41) is 30.6. The van der Waals surface area contributed by atoms with Crippen molar-refractivity contribution in [2.45, 2.75) is 69.0 Å². The minimum absolute atomic E-state index is 0.138. The number of carboxylic acid groups (broad SMARTS) is 1. The van der Waals surface area contributed by atoms with Crippen LogP contribution in [0.15, 0.2) is 24.3 Å². The van der Waals surface area contributed by atoms with Crippen LogP contribution < -0.4 is 11.1 Å². The van der Waals surface area contributed by atoms with Gasteiger partial charge in [0, 0.05) is 6.04 Å². The lowest BCUT2D eigenvalue weighted by atomic mass is 9.66. The highest BCUT2D eigenvalue weighted by molar-refractivity contribution is 6.40. The van der Waals surface area contributed by atoms with Crippen molar-refractivity contribution in [3.63, 3.8) is 0 Å². The van der Waals surface area contributed by atoms with E-state index in [0.717, 1.165) is 24.1 Å². The Labute approximate surface area is 174 Å². The Kier molecular flexibility index (Phi) is 8.72. The highest BCUT2D eigenvalue weighted by Crippen LogP contribution is 2.38. The van der Waals surface area contributed by atoms with Crippen molar-refractivity contribution in [2.24, 2.45) is 11.7 Å². The molecule has 0 saturated heterocycles. The predicted octanol–water partition coefficient (Wildman–Crippen LogP) is 2.43.